The Labute approximate surface area is 154 Å². The van der Waals surface area contributed by atoms with Gasteiger partial charge in [-0.15, -0.1) is 0 Å². The van der Waals surface area contributed by atoms with Crippen molar-refractivity contribution in [2.45, 2.75) is 6.92 Å². The van der Waals surface area contributed by atoms with E-state index in [9.17, 15) is 14.0 Å². The first-order valence-electron chi connectivity index (χ1n) is 6.85. The number of methoxy groups -OCH3 is 1. The molecule has 0 spiro atoms. The number of carbonyl (C=O) groups is 2. The highest BCUT2D eigenvalue weighted by Crippen LogP contribution is 2.32. The molecule has 0 aliphatic carbocycles. The number of H-pyrrole nitrogens is 1. The molecule has 0 saturated carbocycles. The van der Waals surface area contributed by atoms with E-state index in [2.05, 4.69) is 20.0 Å². The average Bonchev–Trinajstić information content (AvgIpc) is 3.10. The molecule has 10 heteroatoms. The largest absolute Gasteiger partial charge is 0.465 e. The predicted octanol–water partition coefficient (Wildman–Crippen LogP) is 4.42. The van der Waals surface area contributed by atoms with Gasteiger partial charge in [-0.3, -0.25) is 10.1 Å². The number of carbonyl (C=O) groups excluding carboxylic acids is 2. The summed E-state index contributed by atoms with van der Waals surface area (Å²) >= 11 is 13.0. The molecule has 25 heavy (non-hydrogen) atoms. The number of hydrogen-bond acceptors (Lipinski definition) is 5. The molecule has 0 fully saturated rings. The summed E-state index contributed by atoms with van der Waals surface area (Å²) in [6.07, 6.45) is 0. The standard InChI is InChI=1S/C15H10Cl2FN3O3S/c1-5-9(16)10(17)12(19-5)13(22)21-15-20-11-7(18)3-6(14(23)24-2)4-8(11)25-15/h3-4,19H,1-2H3,(H,20,21,22). The van der Waals surface area contributed by atoms with Crippen LogP contribution in [-0.2, 0) is 4.74 Å². The number of esters is 1. The molecule has 0 bridgehead atoms. The molecule has 0 aliphatic heterocycles. The van der Waals surface area contributed by atoms with Crippen LogP contribution in [0.4, 0.5) is 9.52 Å². The fourth-order valence-corrected chi connectivity index (χ4v) is 3.50. The molecule has 0 atom stereocenters. The van der Waals surface area contributed by atoms with E-state index in [0.717, 1.165) is 17.4 Å². The number of benzene rings is 1. The number of anilines is 1. The van der Waals surface area contributed by atoms with Gasteiger partial charge in [-0.05, 0) is 19.1 Å². The number of nitrogens with one attached hydrogen (secondary N) is 2. The molecular formula is C15H10Cl2FN3O3S. The number of aromatic amines is 1. The third-order valence-corrected chi connectivity index (χ3v) is 5.24. The molecule has 6 nitrogen and oxygen atoms in total. The molecule has 0 unspecified atom stereocenters. The maximum atomic E-state index is 14.1. The van der Waals surface area contributed by atoms with E-state index >= 15 is 0 Å². The third-order valence-electron chi connectivity index (χ3n) is 3.37. The summed E-state index contributed by atoms with van der Waals surface area (Å²) in [4.78, 5) is 30.6. The molecule has 2 aromatic heterocycles. The van der Waals surface area contributed by atoms with Gasteiger partial charge in [0, 0.05) is 5.69 Å². The number of hydrogen-bond donors (Lipinski definition) is 2. The summed E-state index contributed by atoms with van der Waals surface area (Å²) in [5.41, 5.74) is 0.734. The quantitative estimate of drug-likeness (QED) is 0.636. The topological polar surface area (TPSA) is 84.1 Å². The molecule has 2 heterocycles. The van der Waals surface area contributed by atoms with Crippen LogP contribution in [-0.4, -0.2) is 29.0 Å². The molecule has 130 valence electrons. The summed E-state index contributed by atoms with van der Waals surface area (Å²) < 4.78 is 19.1. The van der Waals surface area contributed by atoms with Gasteiger partial charge in [0.1, 0.15) is 11.2 Å². The Morgan fingerprint density at radius 2 is 2.04 bits per heavy atom. The Kier molecular flexibility index (Phi) is 4.68. The van der Waals surface area contributed by atoms with Crippen LogP contribution in [0, 0.1) is 12.7 Å². The van der Waals surface area contributed by atoms with Crippen LogP contribution in [0.25, 0.3) is 10.2 Å². The van der Waals surface area contributed by atoms with Crippen LogP contribution in [0.5, 0.6) is 0 Å². The summed E-state index contributed by atoms with van der Waals surface area (Å²) in [5, 5.41) is 3.03. The molecule has 0 radical (unpaired) electrons. The number of amides is 1. The number of aromatic nitrogens is 2. The minimum atomic E-state index is -0.688. The first-order valence-corrected chi connectivity index (χ1v) is 8.42. The number of fused-ring (bicyclic) bond motifs is 1. The van der Waals surface area contributed by atoms with Gasteiger partial charge in [0.15, 0.2) is 10.9 Å². The lowest BCUT2D eigenvalue weighted by Crippen LogP contribution is -2.12. The van der Waals surface area contributed by atoms with Crippen molar-refractivity contribution in [1.29, 1.82) is 0 Å². The van der Waals surface area contributed by atoms with E-state index in [-0.39, 0.29) is 32.0 Å². The van der Waals surface area contributed by atoms with Crippen LogP contribution >= 0.6 is 34.5 Å². The zero-order valence-corrected chi connectivity index (χ0v) is 15.2. The number of ether oxygens (including phenoxy) is 1. The second kappa shape index (κ2) is 6.62. The summed E-state index contributed by atoms with van der Waals surface area (Å²) in [6, 6.07) is 2.48. The summed E-state index contributed by atoms with van der Waals surface area (Å²) in [6.45, 7) is 1.67. The van der Waals surface area contributed by atoms with Crippen LogP contribution < -0.4 is 5.32 Å². The van der Waals surface area contributed by atoms with Gasteiger partial charge in [0.2, 0.25) is 0 Å². The Balaban J connectivity index is 1.94. The molecule has 3 aromatic rings. The van der Waals surface area contributed by atoms with Crippen LogP contribution in [0.2, 0.25) is 10.0 Å². The van der Waals surface area contributed by atoms with E-state index in [1.165, 1.54) is 13.2 Å². The van der Waals surface area contributed by atoms with E-state index in [1.54, 1.807) is 6.92 Å². The van der Waals surface area contributed by atoms with E-state index in [1.807, 2.05) is 0 Å². The monoisotopic (exact) mass is 401 g/mol. The van der Waals surface area contributed by atoms with Crippen molar-refractivity contribution in [3.8, 4) is 0 Å². The molecule has 1 aromatic carbocycles. The highest BCUT2D eigenvalue weighted by molar-refractivity contribution is 7.22. The maximum absolute atomic E-state index is 14.1. The molecular weight excluding hydrogens is 392 g/mol. The van der Waals surface area contributed by atoms with Gasteiger partial charge in [-0.25, -0.2) is 14.2 Å². The van der Waals surface area contributed by atoms with Crippen LogP contribution in [0.3, 0.4) is 0 Å². The van der Waals surface area contributed by atoms with Gasteiger partial charge < -0.3 is 9.72 Å². The maximum Gasteiger partial charge on any atom is 0.338 e. The predicted molar refractivity (Wildman–Crippen MR) is 94.4 cm³/mol. The number of thiazole rings is 1. The normalized spacial score (nSPS) is 10.9. The van der Waals surface area contributed by atoms with Gasteiger partial charge in [-0.1, -0.05) is 34.5 Å². The zero-order valence-electron chi connectivity index (χ0n) is 12.9. The highest BCUT2D eigenvalue weighted by atomic mass is 35.5. The van der Waals surface area contributed by atoms with Crippen molar-refractivity contribution in [1.82, 2.24) is 9.97 Å². The first kappa shape index (κ1) is 17.7. The number of rotatable bonds is 3. The molecule has 2 N–H and O–H groups in total. The van der Waals surface area contributed by atoms with Gasteiger partial charge >= 0.3 is 5.97 Å². The lowest BCUT2D eigenvalue weighted by Gasteiger charge is -1.99. The molecule has 0 saturated heterocycles. The van der Waals surface area contributed by atoms with Gasteiger partial charge in [0.05, 0.1) is 27.4 Å². The molecule has 0 aliphatic rings. The van der Waals surface area contributed by atoms with Crippen LogP contribution in [0.15, 0.2) is 12.1 Å². The molecule has 3 rings (SSSR count). The van der Waals surface area contributed by atoms with Crippen LogP contribution in [0.1, 0.15) is 26.5 Å². The second-order valence-corrected chi connectivity index (χ2v) is 6.81. The fraction of sp³-hybridized carbons (Fsp3) is 0.133. The van der Waals surface area contributed by atoms with E-state index in [4.69, 9.17) is 23.2 Å². The lowest BCUT2D eigenvalue weighted by atomic mass is 10.2. The van der Waals surface area contributed by atoms with Crippen molar-refractivity contribution in [2.75, 3.05) is 12.4 Å². The van der Waals surface area contributed by atoms with Crippen molar-refractivity contribution < 1.29 is 18.7 Å². The Bertz CT molecular complexity index is 1020. The number of aryl methyl sites for hydroxylation is 1. The minimum Gasteiger partial charge on any atom is -0.465 e. The zero-order chi connectivity index (χ0) is 18.3. The van der Waals surface area contributed by atoms with Crippen molar-refractivity contribution in [3.63, 3.8) is 0 Å². The van der Waals surface area contributed by atoms with E-state index < -0.39 is 17.7 Å². The Hall–Kier alpha value is -2.16. The second-order valence-electron chi connectivity index (χ2n) is 5.02. The van der Waals surface area contributed by atoms with Crippen molar-refractivity contribution in [3.05, 3.63) is 44.9 Å². The van der Waals surface area contributed by atoms with Gasteiger partial charge in [0.25, 0.3) is 5.91 Å². The lowest BCUT2D eigenvalue weighted by molar-refractivity contribution is 0.0600. The summed E-state index contributed by atoms with van der Waals surface area (Å²) in [7, 11) is 1.20. The Morgan fingerprint density at radius 3 is 2.64 bits per heavy atom. The number of halogens is 3. The van der Waals surface area contributed by atoms with Crippen molar-refractivity contribution >= 4 is 61.8 Å². The van der Waals surface area contributed by atoms with Crippen molar-refractivity contribution in [2.24, 2.45) is 0 Å². The first-order chi connectivity index (χ1) is 11.8. The highest BCUT2D eigenvalue weighted by Gasteiger charge is 2.20. The number of nitrogens with zero attached hydrogens (tertiary/aromatic N) is 1. The van der Waals surface area contributed by atoms with E-state index in [0.29, 0.717) is 10.4 Å². The molecule has 1 amide bonds. The smallest absolute Gasteiger partial charge is 0.338 e. The van der Waals surface area contributed by atoms with Gasteiger partial charge in [-0.2, -0.15) is 0 Å². The fourth-order valence-electron chi connectivity index (χ4n) is 2.17. The Morgan fingerprint density at radius 1 is 1.32 bits per heavy atom. The SMILES string of the molecule is COC(=O)c1cc(F)c2nc(NC(=O)c3[nH]c(C)c(Cl)c3Cl)sc2c1. The minimum absolute atomic E-state index is 0.0414. The third kappa shape index (κ3) is 3.20. The summed E-state index contributed by atoms with van der Waals surface area (Å²) in [5.74, 6) is -1.91. The average molecular weight is 402 g/mol.